The highest BCUT2D eigenvalue weighted by atomic mass is 16.3. The van der Waals surface area contributed by atoms with Crippen LogP contribution in [-0.2, 0) is 19.7 Å². The van der Waals surface area contributed by atoms with Crippen molar-refractivity contribution in [1.82, 2.24) is 15.1 Å². The second kappa shape index (κ2) is 3.25. The maximum Gasteiger partial charge on any atom is 0.0882 e. The third-order valence-corrected chi connectivity index (χ3v) is 2.11. The van der Waals surface area contributed by atoms with Crippen LogP contribution in [0.5, 0.6) is 0 Å². The lowest BCUT2D eigenvalue weighted by atomic mass is 10.3. The van der Waals surface area contributed by atoms with E-state index >= 15 is 0 Å². The Kier molecular flexibility index (Phi) is 2.10. The number of hydrogen-bond donors (Lipinski definition) is 2. The van der Waals surface area contributed by atoms with E-state index < -0.39 is 0 Å². The minimum atomic E-state index is 0.0417. The predicted molar refractivity (Wildman–Crippen MR) is 44.5 cm³/mol. The monoisotopic (exact) mass is 167 g/mol. The molecule has 0 unspecified atom stereocenters. The molecule has 12 heavy (non-hydrogen) atoms. The second-order valence-electron chi connectivity index (χ2n) is 3.04. The van der Waals surface area contributed by atoms with Crippen LogP contribution in [0.25, 0.3) is 0 Å². The number of rotatable bonds is 1. The molecule has 0 amide bonds. The summed E-state index contributed by atoms with van der Waals surface area (Å²) in [7, 11) is 0. The molecule has 0 bridgehead atoms. The second-order valence-corrected chi connectivity index (χ2v) is 3.04. The Balaban J connectivity index is 2.26. The molecule has 0 radical (unpaired) electrons. The highest BCUT2D eigenvalue weighted by Gasteiger charge is 2.09. The highest BCUT2D eigenvalue weighted by Crippen LogP contribution is 2.07. The minimum Gasteiger partial charge on any atom is -0.390 e. The summed E-state index contributed by atoms with van der Waals surface area (Å²) >= 11 is 0. The van der Waals surface area contributed by atoms with Crippen LogP contribution in [0.3, 0.4) is 0 Å². The van der Waals surface area contributed by atoms with E-state index in [0.29, 0.717) is 0 Å². The lowest BCUT2D eigenvalue weighted by Gasteiger charge is -1.98. The fraction of sp³-hybridized carbons (Fsp3) is 0.625. The Labute approximate surface area is 71.2 Å². The van der Waals surface area contributed by atoms with Gasteiger partial charge in [-0.1, -0.05) is 0 Å². The van der Waals surface area contributed by atoms with Gasteiger partial charge in [-0.05, 0) is 19.0 Å². The van der Waals surface area contributed by atoms with Gasteiger partial charge in [0, 0.05) is 13.1 Å². The van der Waals surface area contributed by atoms with Crippen LogP contribution in [0.15, 0.2) is 6.07 Å². The molecular weight excluding hydrogens is 154 g/mol. The van der Waals surface area contributed by atoms with Crippen molar-refractivity contribution >= 4 is 0 Å². The lowest BCUT2D eigenvalue weighted by molar-refractivity contribution is 0.275. The van der Waals surface area contributed by atoms with Crippen LogP contribution in [0.4, 0.5) is 0 Å². The van der Waals surface area contributed by atoms with E-state index in [2.05, 4.69) is 10.4 Å². The van der Waals surface area contributed by atoms with E-state index in [4.69, 9.17) is 5.11 Å². The Morgan fingerprint density at radius 1 is 1.67 bits per heavy atom. The normalized spacial score (nSPS) is 17.1. The van der Waals surface area contributed by atoms with E-state index in [9.17, 15) is 0 Å². The lowest BCUT2D eigenvalue weighted by Crippen LogP contribution is -2.11. The Morgan fingerprint density at radius 2 is 2.58 bits per heavy atom. The summed E-state index contributed by atoms with van der Waals surface area (Å²) in [6.45, 7) is 2.92. The van der Waals surface area contributed by atoms with Crippen molar-refractivity contribution in [2.45, 2.75) is 26.1 Å². The van der Waals surface area contributed by atoms with Gasteiger partial charge in [0.15, 0.2) is 0 Å². The number of aryl methyl sites for hydroxylation is 1. The molecule has 1 aliphatic heterocycles. The van der Waals surface area contributed by atoms with E-state index in [0.717, 1.165) is 31.7 Å². The van der Waals surface area contributed by atoms with Crippen molar-refractivity contribution in [3.8, 4) is 0 Å². The van der Waals surface area contributed by atoms with Crippen LogP contribution in [0.2, 0.25) is 0 Å². The molecule has 2 rings (SSSR count). The van der Waals surface area contributed by atoms with E-state index in [-0.39, 0.29) is 6.61 Å². The van der Waals surface area contributed by atoms with Crippen LogP contribution in [0.1, 0.15) is 17.8 Å². The molecule has 0 fully saturated rings. The predicted octanol–water partition coefficient (Wildman–Crippen LogP) is -0.131. The molecule has 2 N–H and O–H groups in total. The van der Waals surface area contributed by atoms with Gasteiger partial charge in [-0.15, -0.1) is 0 Å². The molecule has 66 valence electrons. The zero-order valence-electron chi connectivity index (χ0n) is 6.95. The zero-order valence-corrected chi connectivity index (χ0v) is 6.95. The maximum absolute atomic E-state index is 8.86. The Morgan fingerprint density at radius 3 is 3.42 bits per heavy atom. The average Bonchev–Trinajstić information content (AvgIpc) is 2.37. The first-order valence-corrected chi connectivity index (χ1v) is 4.27. The molecule has 1 aromatic heterocycles. The molecule has 0 aromatic carbocycles. The molecule has 1 aromatic rings. The van der Waals surface area contributed by atoms with Gasteiger partial charge in [-0.2, -0.15) is 5.10 Å². The molecule has 0 atom stereocenters. The first-order chi connectivity index (χ1) is 5.90. The highest BCUT2D eigenvalue weighted by molar-refractivity contribution is 5.10. The van der Waals surface area contributed by atoms with E-state index in [1.54, 1.807) is 0 Å². The van der Waals surface area contributed by atoms with Gasteiger partial charge < -0.3 is 10.4 Å². The number of hydrogen-bond acceptors (Lipinski definition) is 3. The van der Waals surface area contributed by atoms with Gasteiger partial charge in [-0.3, -0.25) is 4.68 Å². The smallest absolute Gasteiger partial charge is 0.0882 e. The minimum absolute atomic E-state index is 0.0417. The van der Waals surface area contributed by atoms with Crippen molar-refractivity contribution in [3.05, 3.63) is 17.5 Å². The number of nitrogens with one attached hydrogen (secondary N) is 1. The van der Waals surface area contributed by atoms with E-state index in [1.165, 1.54) is 5.69 Å². The fourth-order valence-corrected chi connectivity index (χ4v) is 1.50. The van der Waals surface area contributed by atoms with Gasteiger partial charge in [0.25, 0.3) is 0 Å². The summed E-state index contributed by atoms with van der Waals surface area (Å²) in [5.74, 6) is 0. The maximum atomic E-state index is 8.86. The Hall–Kier alpha value is -0.870. The number of fused-ring (bicyclic) bond motifs is 1. The van der Waals surface area contributed by atoms with Gasteiger partial charge in [-0.25, -0.2) is 0 Å². The van der Waals surface area contributed by atoms with Crippen LogP contribution in [0, 0.1) is 0 Å². The standard InChI is InChI=1S/C8H13N3O/c12-6-7-4-8-5-9-2-1-3-11(8)10-7/h4,9,12H,1-3,5-6H2. The molecular formula is C8H13N3O. The van der Waals surface area contributed by atoms with Crippen molar-refractivity contribution in [3.63, 3.8) is 0 Å². The zero-order chi connectivity index (χ0) is 8.39. The molecule has 2 heterocycles. The summed E-state index contributed by atoms with van der Waals surface area (Å²) in [6.07, 6.45) is 1.11. The molecule has 0 aliphatic carbocycles. The van der Waals surface area contributed by atoms with Crippen molar-refractivity contribution < 1.29 is 5.11 Å². The van der Waals surface area contributed by atoms with Gasteiger partial charge >= 0.3 is 0 Å². The fourth-order valence-electron chi connectivity index (χ4n) is 1.50. The molecule has 0 saturated carbocycles. The molecule has 0 saturated heterocycles. The summed E-state index contributed by atoms with van der Waals surface area (Å²) in [5.41, 5.74) is 1.95. The van der Waals surface area contributed by atoms with Gasteiger partial charge in [0.05, 0.1) is 18.0 Å². The van der Waals surface area contributed by atoms with Crippen LogP contribution >= 0.6 is 0 Å². The van der Waals surface area contributed by atoms with Crippen molar-refractivity contribution in [2.75, 3.05) is 6.54 Å². The molecule has 4 nitrogen and oxygen atoms in total. The van der Waals surface area contributed by atoms with E-state index in [1.807, 2.05) is 10.7 Å². The van der Waals surface area contributed by atoms with Crippen LogP contribution < -0.4 is 5.32 Å². The molecule has 4 heteroatoms. The summed E-state index contributed by atoms with van der Waals surface area (Å²) in [4.78, 5) is 0. The molecule has 1 aliphatic rings. The summed E-state index contributed by atoms with van der Waals surface area (Å²) < 4.78 is 1.98. The first-order valence-electron chi connectivity index (χ1n) is 4.27. The average molecular weight is 167 g/mol. The number of aliphatic hydroxyl groups excluding tert-OH is 1. The number of aliphatic hydroxyl groups is 1. The summed E-state index contributed by atoms with van der Waals surface area (Å²) in [6, 6.07) is 1.96. The van der Waals surface area contributed by atoms with Gasteiger partial charge in [0.1, 0.15) is 0 Å². The topological polar surface area (TPSA) is 50.1 Å². The van der Waals surface area contributed by atoms with Crippen molar-refractivity contribution in [2.24, 2.45) is 0 Å². The van der Waals surface area contributed by atoms with Crippen molar-refractivity contribution in [1.29, 1.82) is 0 Å². The molecule has 0 spiro atoms. The number of nitrogens with zero attached hydrogens (tertiary/aromatic N) is 2. The SMILES string of the molecule is OCc1cc2n(n1)CCCNC2. The number of aromatic nitrogens is 2. The van der Waals surface area contributed by atoms with Crippen LogP contribution in [-0.4, -0.2) is 21.4 Å². The first kappa shape index (κ1) is 7.76. The quantitative estimate of drug-likeness (QED) is 0.612. The summed E-state index contributed by atoms with van der Waals surface area (Å²) in [5, 5.41) is 16.4. The largest absolute Gasteiger partial charge is 0.390 e. The van der Waals surface area contributed by atoms with Gasteiger partial charge in [0.2, 0.25) is 0 Å². The Bertz CT molecular complexity index is 246. The third-order valence-electron chi connectivity index (χ3n) is 2.11. The third kappa shape index (κ3) is 1.35.